The third kappa shape index (κ3) is 9.35. The second kappa shape index (κ2) is 14.7. The molecule has 3 aromatic rings. The number of carbonyl (C=O) groups excluding carboxylic acids is 2. The molecule has 0 saturated carbocycles. The fraction of sp³-hybridized carbons (Fsp3) is 0.375. The van der Waals surface area contributed by atoms with E-state index in [9.17, 15) is 18.0 Å². The second-order valence-electron chi connectivity index (χ2n) is 10.2. The van der Waals surface area contributed by atoms with E-state index in [4.69, 9.17) is 4.74 Å². The number of carbonyl (C=O) groups is 2. The van der Waals surface area contributed by atoms with E-state index in [0.717, 1.165) is 33.7 Å². The fourth-order valence-corrected chi connectivity index (χ4v) is 5.22. The van der Waals surface area contributed by atoms with Gasteiger partial charge in [0.2, 0.25) is 21.8 Å². The van der Waals surface area contributed by atoms with Gasteiger partial charge in [0, 0.05) is 19.0 Å². The topological polar surface area (TPSA) is 96.0 Å². The van der Waals surface area contributed by atoms with Crippen molar-refractivity contribution in [3.05, 3.63) is 95.6 Å². The Hall–Kier alpha value is -3.85. The molecule has 1 N–H and O–H groups in total. The lowest BCUT2D eigenvalue weighted by Gasteiger charge is -2.34. The maximum Gasteiger partial charge on any atom is 0.244 e. The van der Waals surface area contributed by atoms with Crippen molar-refractivity contribution in [2.24, 2.45) is 0 Å². The Morgan fingerprint density at radius 2 is 1.54 bits per heavy atom. The fourth-order valence-electron chi connectivity index (χ4n) is 4.37. The van der Waals surface area contributed by atoms with E-state index in [1.807, 2.05) is 82.3 Å². The Balaban J connectivity index is 2.03. The molecule has 0 aliphatic carbocycles. The van der Waals surface area contributed by atoms with Crippen LogP contribution in [0.25, 0.3) is 0 Å². The number of hydrogen-bond donors (Lipinski definition) is 1. The van der Waals surface area contributed by atoms with Gasteiger partial charge in [0.05, 0.1) is 18.6 Å². The van der Waals surface area contributed by atoms with Gasteiger partial charge in [0.25, 0.3) is 0 Å². The van der Waals surface area contributed by atoms with E-state index in [1.54, 1.807) is 24.3 Å². The van der Waals surface area contributed by atoms with Gasteiger partial charge in [-0.1, -0.05) is 67.1 Å². The molecule has 2 atom stereocenters. The molecule has 3 aromatic carbocycles. The Morgan fingerprint density at radius 1 is 0.902 bits per heavy atom. The Kier molecular flexibility index (Phi) is 11.3. The van der Waals surface area contributed by atoms with Gasteiger partial charge in [0.15, 0.2) is 0 Å². The minimum atomic E-state index is -3.83. The van der Waals surface area contributed by atoms with E-state index >= 15 is 0 Å². The Labute approximate surface area is 244 Å². The molecular formula is C32H41N3O5S. The van der Waals surface area contributed by atoms with Crippen LogP contribution in [0.15, 0.2) is 78.9 Å². The molecule has 0 heterocycles. The number of sulfonamides is 1. The predicted molar refractivity (Wildman–Crippen MR) is 163 cm³/mol. The lowest BCUT2D eigenvalue weighted by Crippen LogP contribution is -2.54. The summed E-state index contributed by atoms with van der Waals surface area (Å²) in [5.74, 6) is -0.164. The summed E-state index contributed by atoms with van der Waals surface area (Å²) in [5, 5.41) is 3.03. The van der Waals surface area contributed by atoms with Crippen molar-refractivity contribution in [2.45, 2.75) is 59.2 Å². The molecule has 0 unspecified atom stereocenters. The van der Waals surface area contributed by atoms with Crippen molar-refractivity contribution >= 4 is 27.5 Å². The number of benzene rings is 3. The van der Waals surface area contributed by atoms with E-state index in [2.05, 4.69) is 5.32 Å². The molecule has 0 fully saturated rings. The molecule has 0 saturated heterocycles. The van der Waals surface area contributed by atoms with E-state index in [-0.39, 0.29) is 24.9 Å². The van der Waals surface area contributed by atoms with Crippen molar-refractivity contribution < 1.29 is 22.7 Å². The molecule has 8 nitrogen and oxygen atoms in total. The maximum atomic E-state index is 14.1. The van der Waals surface area contributed by atoms with Gasteiger partial charge < -0.3 is 15.0 Å². The number of nitrogens with one attached hydrogen (secondary N) is 1. The molecule has 0 radical (unpaired) electrons. The minimum absolute atomic E-state index is 0.0894. The first-order valence-corrected chi connectivity index (χ1v) is 15.8. The van der Waals surface area contributed by atoms with Gasteiger partial charge in [-0.3, -0.25) is 13.9 Å². The highest BCUT2D eigenvalue weighted by Gasteiger charge is 2.33. The number of nitrogens with zero attached hydrogens (tertiary/aromatic N) is 2. The normalized spacial score (nSPS) is 12.7. The summed E-state index contributed by atoms with van der Waals surface area (Å²) in [6.45, 7) is 7.90. The average Bonchev–Trinajstić information content (AvgIpc) is 2.95. The summed E-state index contributed by atoms with van der Waals surface area (Å²) in [7, 11) is -3.83. The SMILES string of the molecule is CCOc1ccc(N(CC(=O)N(Cc2ccc(C)cc2)[C@@H](Cc2ccccc2)C(=O)N[C@H](C)CC)S(C)(=O)=O)cc1. The summed E-state index contributed by atoms with van der Waals surface area (Å²) >= 11 is 0. The van der Waals surface area contributed by atoms with Gasteiger partial charge in [-0.2, -0.15) is 0 Å². The van der Waals surface area contributed by atoms with Crippen LogP contribution < -0.4 is 14.4 Å². The molecule has 0 aromatic heterocycles. The lowest BCUT2D eigenvalue weighted by atomic mass is 10.0. The van der Waals surface area contributed by atoms with Crippen LogP contribution in [0, 0.1) is 6.92 Å². The zero-order valence-corrected chi connectivity index (χ0v) is 25.4. The van der Waals surface area contributed by atoms with Crippen molar-refractivity contribution in [2.75, 3.05) is 23.7 Å². The Morgan fingerprint density at radius 3 is 2.10 bits per heavy atom. The first-order chi connectivity index (χ1) is 19.5. The highest BCUT2D eigenvalue weighted by molar-refractivity contribution is 7.92. The van der Waals surface area contributed by atoms with Crippen LogP contribution >= 0.6 is 0 Å². The smallest absolute Gasteiger partial charge is 0.244 e. The molecule has 0 bridgehead atoms. The van der Waals surface area contributed by atoms with Crippen LogP contribution in [-0.4, -0.2) is 56.6 Å². The highest BCUT2D eigenvalue weighted by Crippen LogP contribution is 2.23. The number of hydrogen-bond acceptors (Lipinski definition) is 5. The maximum absolute atomic E-state index is 14.1. The van der Waals surface area contributed by atoms with Crippen LogP contribution in [0.2, 0.25) is 0 Å². The number of rotatable bonds is 14. The monoisotopic (exact) mass is 579 g/mol. The molecular weight excluding hydrogens is 538 g/mol. The van der Waals surface area contributed by atoms with Crippen molar-refractivity contribution in [1.29, 1.82) is 0 Å². The molecule has 9 heteroatoms. The zero-order valence-electron chi connectivity index (χ0n) is 24.5. The number of anilines is 1. The standard InChI is InChI=1S/C32H41N3O5S/c1-6-25(4)33-32(37)30(21-26-11-9-8-10-12-26)34(22-27-15-13-24(3)14-16-27)31(36)23-35(41(5,38)39)28-17-19-29(20-18-28)40-7-2/h8-20,25,30H,6-7,21-23H2,1-5H3,(H,33,37)/t25-,30+/m1/s1. The number of amides is 2. The summed E-state index contributed by atoms with van der Waals surface area (Å²) in [4.78, 5) is 29.3. The minimum Gasteiger partial charge on any atom is -0.494 e. The third-order valence-corrected chi connectivity index (χ3v) is 8.00. The molecule has 2 amide bonds. The van der Waals surface area contributed by atoms with Crippen molar-refractivity contribution in [3.63, 3.8) is 0 Å². The number of aryl methyl sites for hydroxylation is 1. The average molecular weight is 580 g/mol. The van der Waals surface area contributed by atoms with Gasteiger partial charge in [0.1, 0.15) is 18.3 Å². The van der Waals surface area contributed by atoms with Crippen LogP contribution in [0.1, 0.15) is 43.9 Å². The first-order valence-electron chi connectivity index (χ1n) is 13.9. The van der Waals surface area contributed by atoms with Gasteiger partial charge in [-0.15, -0.1) is 0 Å². The molecule has 0 aliphatic heterocycles. The van der Waals surface area contributed by atoms with E-state index in [0.29, 0.717) is 18.0 Å². The van der Waals surface area contributed by atoms with Crippen LogP contribution in [0.4, 0.5) is 5.69 Å². The molecule has 0 spiro atoms. The molecule has 3 rings (SSSR count). The van der Waals surface area contributed by atoms with Crippen LogP contribution in [-0.2, 0) is 32.6 Å². The van der Waals surface area contributed by atoms with Crippen LogP contribution in [0.3, 0.4) is 0 Å². The number of ether oxygens (including phenoxy) is 1. The lowest BCUT2D eigenvalue weighted by molar-refractivity contribution is -0.140. The summed E-state index contributed by atoms with van der Waals surface area (Å²) in [6, 6.07) is 22.9. The molecule has 41 heavy (non-hydrogen) atoms. The van der Waals surface area contributed by atoms with E-state index in [1.165, 1.54) is 4.90 Å². The largest absolute Gasteiger partial charge is 0.494 e. The second-order valence-corrected chi connectivity index (χ2v) is 12.1. The zero-order chi connectivity index (χ0) is 30.0. The predicted octanol–water partition coefficient (Wildman–Crippen LogP) is 4.71. The first kappa shape index (κ1) is 31.7. The van der Waals surface area contributed by atoms with Crippen molar-refractivity contribution in [3.8, 4) is 5.75 Å². The van der Waals surface area contributed by atoms with Gasteiger partial charge in [-0.05, 0) is 62.6 Å². The quantitative estimate of drug-likeness (QED) is 0.298. The van der Waals surface area contributed by atoms with Gasteiger partial charge in [-0.25, -0.2) is 8.42 Å². The van der Waals surface area contributed by atoms with Crippen LogP contribution in [0.5, 0.6) is 5.75 Å². The van der Waals surface area contributed by atoms with Gasteiger partial charge >= 0.3 is 0 Å². The van der Waals surface area contributed by atoms with E-state index < -0.39 is 28.5 Å². The highest BCUT2D eigenvalue weighted by atomic mass is 32.2. The summed E-state index contributed by atoms with van der Waals surface area (Å²) < 4.78 is 32.4. The Bertz CT molecular complexity index is 1380. The molecule has 0 aliphatic rings. The summed E-state index contributed by atoms with van der Waals surface area (Å²) in [6.07, 6.45) is 2.08. The summed E-state index contributed by atoms with van der Waals surface area (Å²) in [5.41, 5.74) is 3.14. The third-order valence-electron chi connectivity index (χ3n) is 6.86. The molecule has 220 valence electrons. The van der Waals surface area contributed by atoms with Crippen molar-refractivity contribution in [1.82, 2.24) is 10.2 Å².